The van der Waals surface area contributed by atoms with Crippen LogP contribution in [-0.4, -0.2) is 10.1 Å². The zero-order chi connectivity index (χ0) is 14.7. The average Bonchev–Trinajstić information content (AvgIpc) is 2.52. The quantitative estimate of drug-likeness (QED) is 0.765. The summed E-state index contributed by atoms with van der Waals surface area (Å²) in [5.74, 6) is 0. The van der Waals surface area contributed by atoms with Crippen molar-refractivity contribution in [2.45, 2.75) is 13.2 Å². The van der Waals surface area contributed by atoms with E-state index in [9.17, 15) is 5.11 Å². The second-order valence-electron chi connectivity index (χ2n) is 4.81. The fourth-order valence-corrected chi connectivity index (χ4v) is 2.63. The maximum atomic E-state index is 9.36. The van der Waals surface area contributed by atoms with Crippen molar-refractivity contribution in [1.29, 1.82) is 0 Å². The van der Waals surface area contributed by atoms with Crippen LogP contribution in [-0.2, 0) is 13.2 Å². The van der Waals surface area contributed by atoms with Crippen LogP contribution in [0.5, 0.6) is 0 Å². The maximum Gasteiger partial charge on any atom is 0.0752 e. The first-order chi connectivity index (χ1) is 10.3. The number of aliphatic hydroxyl groups is 1. The third-order valence-electron chi connectivity index (χ3n) is 3.41. The molecule has 0 radical (unpaired) electrons. The first kappa shape index (κ1) is 13.9. The van der Waals surface area contributed by atoms with E-state index in [1.165, 1.54) is 0 Å². The van der Waals surface area contributed by atoms with E-state index in [0.29, 0.717) is 11.6 Å². The average molecular weight is 299 g/mol. The van der Waals surface area contributed by atoms with Gasteiger partial charge in [-0.05, 0) is 29.8 Å². The van der Waals surface area contributed by atoms with Gasteiger partial charge in [0.2, 0.25) is 0 Å². The van der Waals surface area contributed by atoms with Crippen molar-refractivity contribution < 1.29 is 5.11 Å². The van der Waals surface area contributed by atoms with Gasteiger partial charge in [-0.25, -0.2) is 0 Å². The molecular formula is C17H15ClN2O. The molecule has 0 amide bonds. The van der Waals surface area contributed by atoms with Crippen LogP contribution in [0.1, 0.15) is 11.1 Å². The molecule has 0 aliphatic carbocycles. The number of fused-ring (bicyclic) bond motifs is 1. The van der Waals surface area contributed by atoms with Crippen LogP contribution in [0, 0.1) is 0 Å². The van der Waals surface area contributed by atoms with Gasteiger partial charge in [0.05, 0.1) is 12.1 Å². The van der Waals surface area contributed by atoms with Gasteiger partial charge in [-0.3, -0.25) is 4.98 Å². The molecule has 0 unspecified atom stereocenters. The zero-order valence-electron chi connectivity index (χ0n) is 11.4. The number of nitrogens with zero attached hydrogens (tertiary/aromatic N) is 1. The van der Waals surface area contributed by atoms with Crippen molar-refractivity contribution in [2.75, 3.05) is 5.32 Å². The summed E-state index contributed by atoms with van der Waals surface area (Å²) in [5.41, 5.74) is 3.77. The van der Waals surface area contributed by atoms with Gasteiger partial charge in [0.15, 0.2) is 0 Å². The lowest BCUT2D eigenvalue weighted by Crippen LogP contribution is -2.03. The highest BCUT2D eigenvalue weighted by Crippen LogP contribution is 2.24. The number of halogens is 1. The molecule has 0 aliphatic rings. The number of aliphatic hydroxyl groups excluding tert-OH is 1. The Morgan fingerprint density at radius 1 is 1.05 bits per heavy atom. The predicted molar refractivity (Wildman–Crippen MR) is 86.4 cm³/mol. The molecule has 0 spiro atoms. The number of hydrogen-bond acceptors (Lipinski definition) is 3. The normalized spacial score (nSPS) is 10.8. The molecule has 0 bridgehead atoms. The van der Waals surface area contributed by atoms with Crippen molar-refractivity contribution in [3.8, 4) is 0 Å². The Labute approximate surface area is 128 Å². The molecule has 4 heteroatoms. The number of pyridine rings is 1. The molecular weight excluding hydrogens is 284 g/mol. The van der Waals surface area contributed by atoms with E-state index in [2.05, 4.69) is 10.3 Å². The number of rotatable bonds is 4. The molecule has 0 saturated heterocycles. The van der Waals surface area contributed by atoms with Crippen molar-refractivity contribution in [3.05, 3.63) is 70.9 Å². The molecule has 2 N–H and O–H groups in total. The monoisotopic (exact) mass is 298 g/mol. The zero-order valence-corrected chi connectivity index (χ0v) is 12.1. The lowest BCUT2D eigenvalue weighted by molar-refractivity contribution is 0.282. The van der Waals surface area contributed by atoms with E-state index in [-0.39, 0.29) is 6.61 Å². The van der Waals surface area contributed by atoms with Gasteiger partial charge in [-0.1, -0.05) is 35.9 Å². The van der Waals surface area contributed by atoms with Crippen LogP contribution in [0.2, 0.25) is 5.02 Å². The number of nitrogens with one attached hydrogen (secondary N) is 1. The Hall–Kier alpha value is -2.10. The third-order valence-corrected chi connectivity index (χ3v) is 3.62. The van der Waals surface area contributed by atoms with Crippen LogP contribution in [0.25, 0.3) is 10.9 Å². The molecule has 21 heavy (non-hydrogen) atoms. The van der Waals surface area contributed by atoms with Crippen LogP contribution in [0.4, 0.5) is 5.69 Å². The van der Waals surface area contributed by atoms with Crippen LogP contribution in [0.15, 0.2) is 54.7 Å². The van der Waals surface area contributed by atoms with Gasteiger partial charge in [0.1, 0.15) is 0 Å². The minimum atomic E-state index is 0.0116. The van der Waals surface area contributed by atoms with Crippen LogP contribution in [0.3, 0.4) is 0 Å². The summed E-state index contributed by atoms with van der Waals surface area (Å²) in [4.78, 5) is 4.43. The van der Waals surface area contributed by atoms with E-state index in [1.807, 2.05) is 48.5 Å². The molecule has 1 heterocycles. The Balaban J connectivity index is 1.92. The fourth-order valence-electron chi connectivity index (χ4n) is 2.38. The summed E-state index contributed by atoms with van der Waals surface area (Å²) < 4.78 is 0. The second kappa shape index (κ2) is 6.12. The Bertz CT molecular complexity index is 774. The largest absolute Gasteiger partial charge is 0.392 e. The molecule has 0 fully saturated rings. The van der Waals surface area contributed by atoms with E-state index >= 15 is 0 Å². The highest BCUT2D eigenvalue weighted by atomic mass is 35.5. The van der Waals surface area contributed by atoms with E-state index in [0.717, 1.165) is 27.7 Å². The summed E-state index contributed by atoms with van der Waals surface area (Å²) in [6.07, 6.45) is 1.78. The molecule has 3 rings (SSSR count). The second-order valence-corrected chi connectivity index (χ2v) is 5.25. The van der Waals surface area contributed by atoms with Crippen molar-refractivity contribution in [1.82, 2.24) is 4.98 Å². The summed E-state index contributed by atoms with van der Waals surface area (Å²) in [6.45, 7) is 0.614. The predicted octanol–water partition coefficient (Wildman–Crippen LogP) is 3.99. The SMILES string of the molecule is OCc1ccccc1NCc1cc(Cl)cc2cccnc12. The molecule has 0 atom stereocenters. The first-order valence-corrected chi connectivity index (χ1v) is 7.11. The highest BCUT2D eigenvalue weighted by Gasteiger charge is 2.06. The van der Waals surface area contributed by atoms with Gasteiger partial charge in [0.25, 0.3) is 0 Å². The molecule has 3 aromatic rings. The summed E-state index contributed by atoms with van der Waals surface area (Å²) in [6, 6.07) is 15.4. The lowest BCUT2D eigenvalue weighted by Gasteiger charge is -2.12. The number of benzene rings is 2. The Kier molecular flexibility index (Phi) is 4.04. The van der Waals surface area contributed by atoms with Crippen molar-refractivity contribution >= 4 is 28.2 Å². The van der Waals surface area contributed by atoms with Gasteiger partial charge >= 0.3 is 0 Å². The fraction of sp³-hybridized carbons (Fsp3) is 0.118. The summed E-state index contributed by atoms with van der Waals surface area (Å²) in [5, 5.41) is 14.4. The Morgan fingerprint density at radius 3 is 2.76 bits per heavy atom. The van der Waals surface area contributed by atoms with Crippen LogP contribution >= 0.6 is 11.6 Å². The molecule has 3 nitrogen and oxygen atoms in total. The Morgan fingerprint density at radius 2 is 1.90 bits per heavy atom. The first-order valence-electron chi connectivity index (χ1n) is 6.74. The van der Waals surface area contributed by atoms with Crippen LogP contribution < -0.4 is 5.32 Å². The molecule has 2 aromatic carbocycles. The number of aromatic nitrogens is 1. The molecule has 0 aliphatic heterocycles. The summed E-state index contributed by atoms with van der Waals surface area (Å²) in [7, 11) is 0. The lowest BCUT2D eigenvalue weighted by atomic mass is 10.1. The molecule has 106 valence electrons. The molecule has 0 saturated carbocycles. The topological polar surface area (TPSA) is 45.1 Å². The third kappa shape index (κ3) is 2.99. The van der Waals surface area contributed by atoms with Gasteiger partial charge < -0.3 is 10.4 Å². The van der Waals surface area contributed by atoms with E-state index < -0.39 is 0 Å². The van der Waals surface area contributed by atoms with Crippen molar-refractivity contribution in [3.63, 3.8) is 0 Å². The van der Waals surface area contributed by atoms with E-state index in [4.69, 9.17) is 11.6 Å². The highest BCUT2D eigenvalue weighted by molar-refractivity contribution is 6.31. The van der Waals surface area contributed by atoms with Gasteiger partial charge in [-0.15, -0.1) is 0 Å². The number of anilines is 1. The van der Waals surface area contributed by atoms with Gasteiger partial charge in [-0.2, -0.15) is 0 Å². The summed E-state index contributed by atoms with van der Waals surface area (Å²) >= 11 is 6.17. The minimum Gasteiger partial charge on any atom is -0.392 e. The molecule has 1 aromatic heterocycles. The number of para-hydroxylation sites is 1. The maximum absolute atomic E-state index is 9.36. The standard InChI is InChI=1S/C17H15ClN2O/c18-15-8-12-5-3-7-19-17(12)14(9-15)10-20-16-6-2-1-4-13(16)11-21/h1-9,20-21H,10-11H2. The van der Waals surface area contributed by atoms with Crippen molar-refractivity contribution in [2.24, 2.45) is 0 Å². The number of hydrogen-bond donors (Lipinski definition) is 2. The smallest absolute Gasteiger partial charge is 0.0752 e. The van der Waals surface area contributed by atoms with E-state index in [1.54, 1.807) is 6.20 Å². The minimum absolute atomic E-state index is 0.0116. The van der Waals surface area contributed by atoms with Gasteiger partial charge in [0, 0.05) is 34.4 Å².